The Morgan fingerprint density at radius 3 is 2.79 bits per heavy atom. The van der Waals surface area contributed by atoms with Crippen molar-refractivity contribution in [3.05, 3.63) is 52.7 Å². The van der Waals surface area contributed by atoms with E-state index < -0.39 is 5.97 Å². The van der Waals surface area contributed by atoms with Gasteiger partial charge in [-0.15, -0.1) is 5.10 Å². The maximum atomic E-state index is 12.3. The molecule has 0 atom stereocenters. The summed E-state index contributed by atoms with van der Waals surface area (Å²) in [5.74, 6) is -0.449. The second kappa shape index (κ2) is 7.50. The fourth-order valence-corrected chi connectivity index (χ4v) is 2.97. The number of ether oxygens (including phenoxy) is 1. The summed E-state index contributed by atoms with van der Waals surface area (Å²) in [5, 5.41) is 4.67. The first-order valence-electron chi connectivity index (χ1n) is 7.09. The number of carbonyl (C=O) groups is 1. The third-order valence-corrected chi connectivity index (χ3v) is 4.49. The van der Waals surface area contributed by atoms with Crippen LogP contribution in [0, 0.1) is 6.92 Å². The molecule has 122 valence electrons. The molecule has 0 saturated heterocycles. The van der Waals surface area contributed by atoms with E-state index in [0.29, 0.717) is 21.3 Å². The number of carbonyl (C=O) groups excluding carboxylic acids is 1. The second-order valence-electron chi connectivity index (χ2n) is 4.97. The van der Waals surface area contributed by atoms with Crippen LogP contribution in [-0.2, 0) is 11.3 Å². The maximum absolute atomic E-state index is 12.3. The average Bonchev–Trinajstić information content (AvgIpc) is 3.09. The van der Waals surface area contributed by atoms with Gasteiger partial charge in [-0.2, -0.15) is 0 Å². The van der Waals surface area contributed by atoms with E-state index in [1.807, 2.05) is 37.4 Å². The van der Waals surface area contributed by atoms with E-state index in [-0.39, 0.29) is 6.61 Å². The molecule has 1 aromatic carbocycles. The van der Waals surface area contributed by atoms with E-state index in [2.05, 4.69) is 19.6 Å². The molecule has 0 fully saturated rings. The zero-order valence-corrected chi connectivity index (χ0v) is 14.7. The van der Waals surface area contributed by atoms with Crippen LogP contribution >= 0.6 is 23.3 Å². The average molecular weight is 358 g/mol. The molecule has 0 amide bonds. The third kappa shape index (κ3) is 3.77. The Morgan fingerprint density at radius 1 is 1.29 bits per heavy atom. The second-order valence-corrected chi connectivity index (χ2v) is 6.50. The number of rotatable bonds is 5. The van der Waals surface area contributed by atoms with Crippen molar-refractivity contribution in [2.45, 2.75) is 18.7 Å². The molecule has 3 aromatic rings. The molecule has 0 aliphatic heterocycles. The lowest BCUT2D eigenvalue weighted by Gasteiger charge is -2.05. The van der Waals surface area contributed by atoms with Gasteiger partial charge in [0.2, 0.25) is 0 Å². The van der Waals surface area contributed by atoms with Crippen molar-refractivity contribution in [3.63, 3.8) is 0 Å². The van der Waals surface area contributed by atoms with Crippen LogP contribution in [-0.4, -0.2) is 31.8 Å². The van der Waals surface area contributed by atoms with Gasteiger partial charge in [-0.05, 0) is 30.3 Å². The molecule has 0 N–H and O–H groups in total. The minimum Gasteiger partial charge on any atom is -0.457 e. The van der Waals surface area contributed by atoms with Crippen LogP contribution in [0.25, 0.3) is 11.3 Å². The Kier molecular flexibility index (Phi) is 5.17. The molecular weight excluding hydrogens is 344 g/mol. The molecule has 0 aliphatic carbocycles. The van der Waals surface area contributed by atoms with Crippen LogP contribution in [0.1, 0.15) is 20.8 Å². The van der Waals surface area contributed by atoms with Crippen molar-refractivity contribution in [2.75, 3.05) is 6.26 Å². The lowest BCUT2D eigenvalue weighted by atomic mass is 10.1. The van der Waals surface area contributed by atoms with E-state index in [1.165, 1.54) is 11.8 Å². The van der Waals surface area contributed by atoms with Gasteiger partial charge in [-0.25, -0.2) is 14.8 Å². The van der Waals surface area contributed by atoms with Gasteiger partial charge in [0.15, 0.2) is 10.0 Å². The Balaban J connectivity index is 1.75. The molecule has 0 spiro atoms. The largest absolute Gasteiger partial charge is 0.457 e. The molecule has 2 aromatic heterocycles. The summed E-state index contributed by atoms with van der Waals surface area (Å²) in [6.45, 7) is 2.20. The molecule has 0 saturated carbocycles. The predicted molar refractivity (Wildman–Crippen MR) is 93.0 cm³/mol. The topological polar surface area (TPSA) is 77.9 Å². The fourth-order valence-electron chi connectivity index (χ4n) is 2.07. The van der Waals surface area contributed by atoms with Crippen molar-refractivity contribution in [3.8, 4) is 11.3 Å². The summed E-state index contributed by atoms with van der Waals surface area (Å²) < 4.78 is 9.24. The zero-order chi connectivity index (χ0) is 16.9. The summed E-state index contributed by atoms with van der Waals surface area (Å²) in [6, 6.07) is 7.83. The molecule has 0 bridgehead atoms. The predicted octanol–water partition coefficient (Wildman–Crippen LogP) is 3.38. The molecule has 3 rings (SSSR count). The number of thioether (sulfide) groups is 1. The highest BCUT2D eigenvalue weighted by molar-refractivity contribution is 7.98. The van der Waals surface area contributed by atoms with E-state index >= 15 is 0 Å². The standard InChI is InChI=1S/C16H14N4O2S2/c1-10-4-3-5-11(6-10)9-22-15(21)14-13(19-20-24-14)12-7-17-16(23-2)18-8-12/h3-8H,9H2,1-2H3. The first kappa shape index (κ1) is 16.5. The van der Waals surface area contributed by atoms with E-state index in [9.17, 15) is 4.79 Å². The van der Waals surface area contributed by atoms with Crippen LogP contribution in [0.15, 0.2) is 41.8 Å². The Labute approximate surface area is 147 Å². The number of hydrogen-bond acceptors (Lipinski definition) is 8. The molecule has 0 aliphatic rings. The van der Waals surface area contributed by atoms with Crippen LogP contribution in [0.5, 0.6) is 0 Å². The summed E-state index contributed by atoms with van der Waals surface area (Å²) in [5.41, 5.74) is 3.15. The van der Waals surface area contributed by atoms with Gasteiger partial charge >= 0.3 is 5.97 Å². The van der Waals surface area contributed by atoms with Crippen molar-refractivity contribution in [2.24, 2.45) is 0 Å². The Hall–Kier alpha value is -2.32. The molecular formula is C16H14N4O2S2. The molecule has 6 nitrogen and oxygen atoms in total. The molecule has 24 heavy (non-hydrogen) atoms. The van der Waals surface area contributed by atoms with Gasteiger partial charge in [0.05, 0.1) is 0 Å². The van der Waals surface area contributed by atoms with Crippen molar-refractivity contribution in [1.82, 2.24) is 19.6 Å². The SMILES string of the molecule is CSc1ncc(-c2nnsc2C(=O)OCc2cccc(C)c2)cn1. The fraction of sp³-hybridized carbons (Fsp3) is 0.188. The maximum Gasteiger partial charge on any atom is 0.352 e. The number of aryl methyl sites for hydroxylation is 1. The lowest BCUT2D eigenvalue weighted by molar-refractivity contribution is 0.0479. The Bertz CT molecular complexity index is 849. The van der Waals surface area contributed by atoms with Crippen molar-refractivity contribution in [1.29, 1.82) is 0 Å². The smallest absolute Gasteiger partial charge is 0.352 e. The third-order valence-electron chi connectivity index (χ3n) is 3.21. The van der Waals surface area contributed by atoms with Crippen LogP contribution in [0.3, 0.4) is 0 Å². The van der Waals surface area contributed by atoms with E-state index in [1.54, 1.807) is 12.4 Å². The van der Waals surface area contributed by atoms with Crippen molar-refractivity contribution < 1.29 is 9.53 Å². The van der Waals surface area contributed by atoms with Crippen molar-refractivity contribution >= 4 is 29.3 Å². The monoisotopic (exact) mass is 358 g/mol. The highest BCUT2D eigenvalue weighted by Crippen LogP contribution is 2.24. The van der Waals surface area contributed by atoms with Gasteiger partial charge in [0, 0.05) is 18.0 Å². The first-order chi connectivity index (χ1) is 11.7. The van der Waals surface area contributed by atoms with Gasteiger partial charge in [0.25, 0.3) is 0 Å². The number of benzene rings is 1. The number of nitrogens with zero attached hydrogens (tertiary/aromatic N) is 4. The normalized spacial score (nSPS) is 10.6. The van der Waals surface area contributed by atoms with Gasteiger partial charge in [-0.3, -0.25) is 0 Å². The molecule has 8 heteroatoms. The summed E-state index contributed by atoms with van der Waals surface area (Å²) in [7, 11) is 0. The van der Waals surface area contributed by atoms with Crippen LogP contribution in [0.2, 0.25) is 0 Å². The number of aromatic nitrogens is 4. The minimum atomic E-state index is -0.449. The molecule has 0 radical (unpaired) electrons. The number of hydrogen-bond donors (Lipinski definition) is 0. The van der Waals surface area contributed by atoms with Gasteiger partial charge in [0.1, 0.15) is 12.3 Å². The quantitative estimate of drug-likeness (QED) is 0.393. The summed E-state index contributed by atoms with van der Waals surface area (Å²) >= 11 is 2.45. The first-order valence-corrected chi connectivity index (χ1v) is 9.08. The molecule has 0 unspecified atom stereocenters. The van der Waals surface area contributed by atoms with E-state index in [0.717, 1.165) is 22.7 Å². The lowest BCUT2D eigenvalue weighted by Crippen LogP contribution is -2.05. The molecule has 2 heterocycles. The summed E-state index contributed by atoms with van der Waals surface area (Å²) in [6.07, 6.45) is 5.16. The van der Waals surface area contributed by atoms with E-state index in [4.69, 9.17) is 4.74 Å². The highest BCUT2D eigenvalue weighted by atomic mass is 32.2. The Morgan fingerprint density at radius 2 is 2.08 bits per heavy atom. The van der Waals surface area contributed by atoms with Gasteiger partial charge in [-0.1, -0.05) is 46.1 Å². The summed E-state index contributed by atoms with van der Waals surface area (Å²) in [4.78, 5) is 21.1. The zero-order valence-electron chi connectivity index (χ0n) is 13.1. The minimum absolute atomic E-state index is 0.208. The highest BCUT2D eigenvalue weighted by Gasteiger charge is 2.20. The van der Waals surface area contributed by atoms with Crippen LogP contribution in [0.4, 0.5) is 0 Å². The number of esters is 1. The van der Waals surface area contributed by atoms with Gasteiger partial charge < -0.3 is 4.74 Å². The van der Waals surface area contributed by atoms with Crippen LogP contribution < -0.4 is 0 Å².